The minimum Gasteiger partial charge on any atom is -0.284 e. The number of carbonyl (C=O) groups excluding carboxylic acids is 1. The van der Waals surface area contributed by atoms with E-state index in [4.69, 9.17) is 0 Å². The maximum absolute atomic E-state index is 11.9. The van der Waals surface area contributed by atoms with Crippen LogP contribution < -0.4 is 0 Å². The second-order valence-electron chi connectivity index (χ2n) is 4.71. The Morgan fingerprint density at radius 1 is 1.57 bits per heavy atom. The third kappa shape index (κ3) is 1.39. The van der Waals surface area contributed by atoms with E-state index in [0.29, 0.717) is 5.92 Å². The van der Waals surface area contributed by atoms with Gasteiger partial charge in [0.05, 0.1) is 0 Å². The molecule has 0 radical (unpaired) electrons. The smallest absolute Gasteiger partial charge is 0.211 e. The zero-order valence-electron chi connectivity index (χ0n) is 8.89. The highest BCUT2D eigenvalue weighted by atomic mass is 16.1. The van der Waals surface area contributed by atoms with Crippen LogP contribution >= 0.6 is 0 Å². The molecule has 1 nitrogen and oxygen atoms in total. The predicted molar refractivity (Wildman–Crippen MR) is 56.6 cm³/mol. The topological polar surface area (TPSA) is 17.1 Å². The fourth-order valence-electron chi connectivity index (χ4n) is 2.45. The minimum atomic E-state index is -0.191. The van der Waals surface area contributed by atoms with Crippen LogP contribution in [0.5, 0.6) is 0 Å². The number of hydrogen-bond donors (Lipinski definition) is 0. The standard InChI is InChI=1S/C13H16O/c1-10-7-8-13(2)11(9-10)5-3-4-6-12(13)14/h9,11H,3,5,7-8H2,1-2H3/t11-,13+/m0/s1. The van der Waals surface area contributed by atoms with Gasteiger partial charge in [0.2, 0.25) is 5.78 Å². The van der Waals surface area contributed by atoms with Gasteiger partial charge in [-0.05, 0) is 38.0 Å². The van der Waals surface area contributed by atoms with Crippen LogP contribution in [0.1, 0.15) is 39.5 Å². The van der Waals surface area contributed by atoms with Gasteiger partial charge in [-0.2, -0.15) is 0 Å². The maximum Gasteiger partial charge on any atom is 0.211 e. The van der Waals surface area contributed by atoms with Crippen molar-refractivity contribution in [1.29, 1.82) is 0 Å². The fraction of sp³-hybridized carbons (Fsp3) is 0.615. The summed E-state index contributed by atoms with van der Waals surface area (Å²) in [7, 11) is 0. The average Bonchev–Trinajstić information content (AvgIpc) is 2.29. The van der Waals surface area contributed by atoms with Gasteiger partial charge in [-0.1, -0.05) is 24.5 Å². The number of allylic oxidation sites excluding steroid dienone is 2. The first-order valence-corrected chi connectivity index (χ1v) is 5.33. The van der Waals surface area contributed by atoms with E-state index in [1.54, 1.807) is 0 Å². The molecule has 2 atom stereocenters. The third-order valence-corrected chi connectivity index (χ3v) is 3.64. The lowest BCUT2D eigenvalue weighted by Gasteiger charge is -2.36. The van der Waals surface area contributed by atoms with E-state index in [2.05, 4.69) is 31.8 Å². The summed E-state index contributed by atoms with van der Waals surface area (Å²) in [4.78, 5) is 11.9. The van der Waals surface area contributed by atoms with Crippen molar-refractivity contribution < 1.29 is 4.79 Å². The van der Waals surface area contributed by atoms with E-state index >= 15 is 0 Å². The van der Waals surface area contributed by atoms with Crippen molar-refractivity contribution in [3.05, 3.63) is 11.6 Å². The van der Waals surface area contributed by atoms with E-state index in [1.165, 1.54) is 5.57 Å². The van der Waals surface area contributed by atoms with E-state index < -0.39 is 0 Å². The molecule has 0 fully saturated rings. The molecule has 0 spiro atoms. The molecule has 2 aliphatic carbocycles. The van der Waals surface area contributed by atoms with E-state index in [1.807, 2.05) is 0 Å². The highest BCUT2D eigenvalue weighted by Gasteiger charge is 2.41. The van der Waals surface area contributed by atoms with E-state index in [9.17, 15) is 4.79 Å². The summed E-state index contributed by atoms with van der Waals surface area (Å²) in [6.07, 6.45) is 6.24. The number of fused-ring (bicyclic) bond motifs is 1. The Kier molecular flexibility index (Phi) is 2.23. The molecule has 0 aromatic rings. The van der Waals surface area contributed by atoms with Gasteiger partial charge < -0.3 is 0 Å². The number of carbonyl (C=O) groups is 1. The number of rotatable bonds is 0. The van der Waals surface area contributed by atoms with Gasteiger partial charge in [-0.3, -0.25) is 4.79 Å². The van der Waals surface area contributed by atoms with Crippen LogP contribution in [0, 0.1) is 23.2 Å². The molecular formula is C13H16O. The summed E-state index contributed by atoms with van der Waals surface area (Å²) >= 11 is 0. The van der Waals surface area contributed by atoms with Gasteiger partial charge in [0, 0.05) is 11.8 Å². The van der Waals surface area contributed by atoms with Crippen molar-refractivity contribution >= 4 is 5.78 Å². The summed E-state index contributed by atoms with van der Waals surface area (Å²) in [5.74, 6) is 6.31. The van der Waals surface area contributed by atoms with Crippen molar-refractivity contribution in [2.75, 3.05) is 0 Å². The molecule has 1 heteroatoms. The lowest BCUT2D eigenvalue weighted by Crippen LogP contribution is -2.36. The Morgan fingerprint density at radius 3 is 3.14 bits per heavy atom. The summed E-state index contributed by atoms with van der Waals surface area (Å²) in [5.41, 5.74) is 1.24. The molecule has 0 unspecified atom stereocenters. The van der Waals surface area contributed by atoms with Crippen molar-refractivity contribution in [2.24, 2.45) is 11.3 Å². The van der Waals surface area contributed by atoms with Crippen molar-refractivity contribution in [1.82, 2.24) is 0 Å². The molecule has 14 heavy (non-hydrogen) atoms. The van der Waals surface area contributed by atoms with Crippen LogP contribution in [0.15, 0.2) is 11.6 Å². The molecular weight excluding hydrogens is 172 g/mol. The zero-order chi connectivity index (χ0) is 10.2. The Morgan fingerprint density at radius 2 is 2.36 bits per heavy atom. The average molecular weight is 188 g/mol. The molecule has 0 aromatic heterocycles. The van der Waals surface area contributed by atoms with Crippen molar-refractivity contribution in [3.8, 4) is 11.8 Å². The van der Waals surface area contributed by atoms with Crippen LogP contribution in [0.3, 0.4) is 0 Å². The predicted octanol–water partition coefficient (Wildman–Crippen LogP) is 2.72. The van der Waals surface area contributed by atoms with Gasteiger partial charge in [-0.15, -0.1) is 0 Å². The quantitative estimate of drug-likeness (QED) is 0.324. The van der Waals surface area contributed by atoms with Gasteiger partial charge >= 0.3 is 0 Å². The summed E-state index contributed by atoms with van der Waals surface area (Å²) < 4.78 is 0. The molecule has 0 heterocycles. The molecule has 0 saturated carbocycles. The lowest BCUT2D eigenvalue weighted by molar-refractivity contribution is -0.124. The minimum absolute atomic E-state index is 0.156. The van der Waals surface area contributed by atoms with Crippen LogP contribution in [0.4, 0.5) is 0 Å². The summed E-state index contributed by atoms with van der Waals surface area (Å²) in [6.45, 7) is 4.25. The highest BCUT2D eigenvalue weighted by molar-refractivity contribution is 6.00. The lowest BCUT2D eigenvalue weighted by atomic mass is 9.66. The van der Waals surface area contributed by atoms with Crippen LogP contribution in [-0.4, -0.2) is 5.78 Å². The second-order valence-corrected chi connectivity index (χ2v) is 4.71. The maximum atomic E-state index is 11.9. The largest absolute Gasteiger partial charge is 0.284 e. The molecule has 0 amide bonds. The monoisotopic (exact) mass is 188 g/mol. The van der Waals surface area contributed by atoms with E-state index in [-0.39, 0.29) is 11.2 Å². The number of Topliss-reactive ketones (excluding diaryl/α,β-unsaturated/α-hetero) is 1. The first-order chi connectivity index (χ1) is 6.63. The Hall–Kier alpha value is -1.03. The number of ketones is 1. The van der Waals surface area contributed by atoms with Crippen LogP contribution in [0.2, 0.25) is 0 Å². The van der Waals surface area contributed by atoms with Crippen molar-refractivity contribution in [2.45, 2.75) is 39.5 Å². The summed E-state index contributed by atoms with van der Waals surface area (Å²) in [5, 5.41) is 0. The fourth-order valence-corrected chi connectivity index (χ4v) is 2.45. The Bertz CT molecular complexity index is 353. The normalized spacial score (nSPS) is 36.3. The second kappa shape index (κ2) is 3.28. The summed E-state index contributed by atoms with van der Waals surface area (Å²) in [6, 6.07) is 0. The molecule has 0 saturated heterocycles. The molecule has 74 valence electrons. The SMILES string of the molecule is CC1=C[C@@H]2CCC#CC(=O)[C@]2(C)CC1. The van der Waals surface area contributed by atoms with E-state index in [0.717, 1.165) is 25.7 Å². The zero-order valence-corrected chi connectivity index (χ0v) is 8.89. The molecule has 0 aromatic carbocycles. The first kappa shape index (κ1) is 9.52. The van der Waals surface area contributed by atoms with Gasteiger partial charge in [0.25, 0.3) is 0 Å². The molecule has 0 bridgehead atoms. The first-order valence-electron chi connectivity index (χ1n) is 5.33. The molecule has 2 rings (SSSR count). The third-order valence-electron chi connectivity index (χ3n) is 3.64. The number of hydrogen-bond acceptors (Lipinski definition) is 1. The highest BCUT2D eigenvalue weighted by Crippen LogP contribution is 2.43. The molecule has 2 aliphatic rings. The van der Waals surface area contributed by atoms with Gasteiger partial charge in [0.15, 0.2) is 0 Å². The molecule has 0 aliphatic heterocycles. The van der Waals surface area contributed by atoms with Crippen LogP contribution in [0.25, 0.3) is 0 Å². The van der Waals surface area contributed by atoms with Gasteiger partial charge in [-0.25, -0.2) is 0 Å². The Labute approximate surface area is 85.6 Å². The molecule has 0 N–H and O–H groups in total. The van der Waals surface area contributed by atoms with Crippen molar-refractivity contribution in [3.63, 3.8) is 0 Å². The van der Waals surface area contributed by atoms with Gasteiger partial charge in [0.1, 0.15) is 0 Å². The van der Waals surface area contributed by atoms with Crippen LogP contribution in [-0.2, 0) is 4.79 Å². The Balaban J connectivity index is 2.37.